The third kappa shape index (κ3) is 4.28. The summed E-state index contributed by atoms with van der Waals surface area (Å²) in [6.45, 7) is 10.4. The van der Waals surface area contributed by atoms with Crippen molar-refractivity contribution < 1.29 is 4.74 Å². The number of hydrogen-bond donors (Lipinski definition) is 0. The zero-order valence-electron chi connectivity index (χ0n) is 22.2. The maximum absolute atomic E-state index is 6.18. The van der Waals surface area contributed by atoms with Gasteiger partial charge in [-0.05, 0) is 66.3 Å². The quantitative estimate of drug-likeness (QED) is 0.248. The van der Waals surface area contributed by atoms with Crippen LogP contribution in [0.2, 0.25) is 0 Å². The smallest absolute Gasteiger partial charge is 0.254 e. The van der Waals surface area contributed by atoms with Gasteiger partial charge < -0.3 is 4.74 Å². The maximum Gasteiger partial charge on any atom is 0.254 e. The first kappa shape index (κ1) is 23.8. The average molecular weight is 500 g/mol. The summed E-state index contributed by atoms with van der Waals surface area (Å²) in [6.07, 6.45) is 1.80. The average Bonchev–Trinajstić information content (AvgIpc) is 3.24. The molecule has 0 fully saturated rings. The van der Waals surface area contributed by atoms with Crippen LogP contribution in [0.4, 0.5) is 0 Å². The van der Waals surface area contributed by atoms with Crippen LogP contribution in [0.25, 0.3) is 38.9 Å². The number of rotatable bonds is 4. The molecule has 0 aliphatic rings. The molecule has 3 aromatic heterocycles. The van der Waals surface area contributed by atoms with Crippen molar-refractivity contribution in [2.75, 3.05) is 0 Å². The Morgan fingerprint density at radius 2 is 1.50 bits per heavy atom. The first-order chi connectivity index (χ1) is 18.3. The van der Waals surface area contributed by atoms with Crippen LogP contribution in [-0.2, 0) is 5.41 Å². The van der Waals surface area contributed by atoms with Gasteiger partial charge in [0.25, 0.3) is 5.95 Å². The number of fused-ring (bicyclic) bond motifs is 3. The first-order valence-corrected chi connectivity index (χ1v) is 12.7. The molecule has 0 saturated heterocycles. The highest BCUT2D eigenvalue weighted by molar-refractivity contribution is 6.10. The Balaban J connectivity index is 1.44. The third-order valence-corrected chi connectivity index (χ3v) is 6.95. The molecule has 3 heterocycles. The lowest BCUT2D eigenvalue weighted by Crippen LogP contribution is -2.11. The van der Waals surface area contributed by atoms with Gasteiger partial charge in [-0.15, -0.1) is 5.10 Å². The van der Waals surface area contributed by atoms with E-state index in [2.05, 4.69) is 83.0 Å². The molecule has 0 saturated carbocycles. The van der Waals surface area contributed by atoms with E-state index in [9.17, 15) is 0 Å². The van der Waals surface area contributed by atoms with E-state index in [1.54, 1.807) is 6.20 Å². The number of benzene rings is 3. The summed E-state index contributed by atoms with van der Waals surface area (Å²) in [7, 11) is 0. The van der Waals surface area contributed by atoms with Crippen molar-refractivity contribution in [3.8, 4) is 28.7 Å². The summed E-state index contributed by atoms with van der Waals surface area (Å²) >= 11 is 0. The molecule has 188 valence electrons. The van der Waals surface area contributed by atoms with Crippen LogP contribution in [0, 0.1) is 13.8 Å². The largest absolute Gasteiger partial charge is 0.439 e. The fraction of sp³-hybridized carbons (Fsp3) is 0.188. The van der Waals surface area contributed by atoms with Gasteiger partial charge in [-0.2, -0.15) is 5.10 Å². The van der Waals surface area contributed by atoms with Gasteiger partial charge in [0.1, 0.15) is 5.75 Å². The van der Waals surface area contributed by atoms with E-state index < -0.39 is 0 Å². The Morgan fingerprint density at radius 3 is 2.32 bits per heavy atom. The Morgan fingerprint density at radius 1 is 0.711 bits per heavy atom. The summed E-state index contributed by atoms with van der Waals surface area (Å²) in [5, 5.41) is 11.1. The molecule has 6 rings (SSSR count). The van der Waals surface area contributed by atoms with Crippen LogP contribution in [-0.4, -0.2) is 24.7 Å². The van der Waals surface area contributed by atoms with Gasteiger partial charge in [0.15, 0.2) is 0 Å². The highest BCUT2D eigenvalue weighted by Crippen LogP contribution is 2.35. The van der Waals surface area contributed by atoms with Crippen LogP contribution >= 0.6 is 0 Å². The molecular formula is C32H29N5O. The molecular weight excluding hydrogens is 470 g/mol. The molecule has 38 heavy (non-hydrogen) atoms. The number of aromatic nitrogens is 5. The van der Waals surface area contributed by atoms with Gasteiger partial charge in [-0.3, -0.25) is 4.57 Å². The van der Waals surface area contributed by atoms with E-state index in [1.807, 2.05) is 50.2 Å². The molecule has 0 spiro atoms. The second-order valence-corrected chi connectivity index (χ2v) is 10.6. The van der Waals surface area contributed by atoms with Gasteiger partial charge in [-0.1, -0.05) is 63.2 Å². The molecule has 3 aromatic carbocycles. The van der Waals surface area contributed by atoms with Crippen molar-refractivity contribution >= 4 is 21.8 Å². The summed E-state index contributed by atoms with van der Waals surface area (Å²) in [5.41, 5.74) is 7.09. The molecule has 0 aliphatic carbocycles. The zero-order valence-corrected chi connectivity index (χ0v) is 22.2. The summed E-state index contributed by atoms with van der Waals surface area (Å²) < 4.78 is 8.28. The Labute approximate surface area is 222 Å². The Bertz CT molecular complexity index is 1810. The molecule has 0 unspecified atom stereocenters. The number of aryl methyl sites for hydroxylation is 2. The molecule has 6 heteroatoms. The fourth-order valence-corrected chi connectivity index (χ4v) is 4.70. The minimum Gasteiger partial charge on any atom is -0.439 e. The van der Waals surface area contributed by atoms with E-state index >= 15 is 0 Å². The summed E-state index contributed by atoms with van der Waals surface area (Å²) in [5.74, 6) is 1.89. The van der Waals surface area contributed by atoms with E-state index in [0.29, 0.717) is 11.8 Å². The van der Waals surface area contributed by atoms with Crippen LogP contribution in [0.1, 0.15) is 37.7 Å². The first-order valence-electron chi connectivity index (χ1n) is 12.7. The van der Waals surface area contributed by atoms with Crippen LogP contribution < -0.4 is 4.74 Å². The number of ether oxygens (including phenoxy) is 1. The second kappa shape index (κ2) is 9.06. The lowest BCUT2D eigenvalue weighted by atomic mass is 9.88. The van der Waals surface area contributed by atoms with Crippen molar-refractivity contribution in [2.45, 2.75) is 40.0 Å². The molecule has 6 aromatic rings. The molecule has 0 bridgehead atoms. The fourth-order valence-electron chi connectivity index (χ4n) is 4.70. The van der Waals surface area contributed by atoms with Gasteiger partial charge in [0.2, 0.25) is 5.88 Å². The van der Waals surface area contributed by atoms with Crippen molar-refractivity contribution in [3.05, 3.63) is 102 Å². The highest BCUT2D eigenvalue weighted by atomic mass is 16.5. The molecule has 0 atom stereocenters. The number of nitrogens with zero attached hydrogens (tertiary/aromatic N) is 5. The standard InChI is InChI=1S/C32H29N5O/c1-20-21(2)35-36-31(34-20)37-28-12-7-6-11-26(28)27-14-13-23(18-29(27)37)22-9-8-10-25(17-22)38-30-19-24(15-16-33-30)32(3,4)5/h6-19H,1-5H3. The lowest BCUT2D eigenvalue weighted by molar-refractivity contribution is 0.459. The third-order valence-electron chi connectivity index (χ3n) is 6.95. The maximum atomic E-state index is 6.18. The van der Waals surface area contributed by atoms with Gasteiger partial charge in [0.05, 0.1) is 22.4 Å². The number of para-hydroxylation sites is 1. The number of pyridine rings is 1. The van der Waals surface area contributed by atoms with Crippen molar-refractivity contribution in [3.63, 3.8) is 0 Å². The number of hydrogen-bond acceptors (Lipinski definition) is 5. The van der Waals surface area contributed by atoms with Crippen molar-refractivity contribution in [1.29, 1.82) is 0 Å². The van der Waals surface area contributed by atoms with Crippen LogP contribution in [0.15, 0.2) is 85.1 Å². The Kier molecular flexibility index (Phi) is 5.68. The summed E-state index contributed by atoms with van der Waals surface area (Å²) in [6, 6.07) is 27.0. The Hall–Kier alpha value is -4.58. The van der Waals surface area contributed by atoms with E-state index in [1.165, 1.54) is 5.56 Å². The molecule has 0 N–H and O–H groups in total. The molecule has 6 nitrogen and oxygen atoms in total. The van der Waals surface area contributed by atoms with Crippen LogP contribution in [0.5, 0.6) is 11.6 Å². The van der Waals surface area contributed by atoms with E-state index in [4.69, 9.17) is 9.72 Å². The molecule has 0 amide bonds. The molecule has 0 radical (unpaired) electrons. The van der Waals surface area contributed by atoms with E-state index in [0.717, 1.165) is 50.1 Å². The summed E-state index contributed by atoms with van der Waals surface area (Å²) in [4.78, 5) is 9.19. The minimum absolute atomic E-state index is 0.0198. The van der Waals surface area contributed by atoms with Crippen molar-refractivity contribution in [2.24, 2.45) is 0 Å². The van der Waals surface area contributed by atoms with E-state index in [-0.39, 0.29) is 5.41 Å². The monoisotopic (exact) mass is 499 g/mol. The van der Waals surface area contributed by atoms with Crippen molar-refractivity contribution in [1.82, 2.24) is 24.7 Å². The highest BCUT2D eigenvalue weighted by Gasteiger charge is 2.17. The van der Waals surface area contributed by atoms with Gasteiger partial charge >= 0.3 is 0 Å². The SMILES string of the molecule is Cc1nnc(-n2c3ccccc3c3ccc(-c4cccc(Oc5cc(C(C)(C)C)ccn5)c4)cc32)nc1C. The molecule has 0 aliphatic heterocycles. The lowest BCUT2D eigenvalue weighted by Gasteiger charge is -2.19. The second-order valence-electron chi connectivity index (χ2n) is 10.6. The van der Waals surface area contributed by atoms with Gasteiger partial charge in [-0.25, -0.2) is 9.97 Å². The minimum atomic E-state index is 0.0198. The van der Waals surface area contributed by atoms with Gasteiger partial charge in [0, 0.05) is 23.0 Å². The zero-order chi connectivity index (χ0) is 26.4. The topological polar surface area (TPSA) is 65.7 Å². The predicted octanol–water partition coefficient (Wildman–Crippen LogP) is 7.74. The predicted molar refractivity (Wildman–Crippen MR) is 152 cm³/mol. The van der Waals surface area contributed by atoms with Crippen LogP contribution in [0.3, 0.4) is 0 Å². The normalized spacial score (nSPS) is 11.8.